The summed E-state index contributed by atoms with van der Waals surface area (Å²) in [6.07, 6.45) is 2.52. The van der Waals surface area contributed by atoms with Crippen LogP contribution in [0.4, 0.5) is 0 Å². The van der Waals surface area contributed by atoms with Gasteiger partial charge in [0.2, 0.25) is 0 Å². The number of carbonyl (C=O) groups is 1. The number of nitrogens with one attached hydrogen (secondary N) is 2. The summed E-state index contributed by atoms with van der Waals surface area (Å²) in [6, 6.07) is 11.3. The Labute approximate surface area is 188 Å². The van der Waals surface area contributed by atoms with Crippen LogP contribution in [-0.2, 0) is 18.2 Å². The minimum atomic E-state index is -0.631. The summed E-state index contributed by atoms with van der Waals surface area (Å²) in [5, 5.41) is 4.22. The van der Waals surface area contributed by atoms with Crippen LogP contribution in [0.1, 0.15) is 21.6 Å². The highest BCUT2D eigenvalue weighted by Gasteiger charge is 2.31. The Morgan fingerprint density at radius 1 is 1.24 bits per heavy atom. The number of aromatic amines is 1. The summed E-state index contributed by atoms with van der Waals surface area (Å²) < 4.78 is 6.94. The predicted molar refractivity (Wildman–Crippen MR) is 123 cm³/mol. The topological polar surface area (TPSA) is 119 Å². The van der Waals surface area contributed by atoms with Gasteiger partial charge in [0, 0.05) is 30.2 Å². The van der Waals surface area contributed by atoms with E-state index in [1.807, 2.05) is 30.3 Å². The van der Waals surface area contributed by atoms with Gasteiger partial charge in [-0.15, -0.1) is 0 Å². The fraction of sp³-hybridized carbons (Fsp3) is 0.292. The van der Waals surface area contributed by atoms with Crippen molar-refractivity contribution in [1.82, 2.24) is 24.8 Å². The summed E-state index contributed by atoms with van der Waals surface area (Å²) in [7, 11) is 1.51. The third-order valence-electron chi connectivity index (χ3n) is 6.18. The molecular formula is C24H23N5O4. The van der Waals surface area contributed by atoms with Crippen molar-refractivity contribution in [1.29, 1.82) is 0 Å². The normalized spacial score (nSPS) is 18.1. The number of fused-ring (bicyclic) bond motifs is 2. The summed E-state index contributed by atoms with van der Waals surface area (Å²) >= 11 is 0. The molecular weight excluding hydrogens is 422 g/mol. The van der Waals surface area contributed by atoms with Crippen molar-refractivity contribution in [3.05, 3.63) is 80.3 Å². The molecule has 2 atom stereocenters. The van der Waals surface area contributed by atoms with Gasteiger partial charge in [-0.2, -0.15) is 0 Å². The second-order valence-electron chi connectivity index (χ2n) is 8.40. The van der Waals surface area contributed by atoms with Gasteiger partial charge < -0.3 is 10.1 Å². The number of nitrogens with zero attached hydrogens (tertiary/aromatic N) is 3. The van der Waals surface area contributed by atoms with Crippen molar-refractivity contribution in [2.24, 2.45) is 13.0 Å². The molecule has 2 N–H and O–H groups in total. The number of hydrogen-bond acceptors (Lipinski definition) is 6. The molecule has 168 valence electrons. The van der Waals surface area contributed by atoms with E-state index in [2.05, 4.69) is 20.3 Å². The number of pyridine rings is 2. The molecule has 0 spiro atoms. The van der Waals surface area contributed by atoms with Crippen LogP contribution in [0.3, 0.4) is 0 Å². The van der Waals surface area contributed by atoms with Gasteiger partial charge in [-0.1, -0.05) is 18.2 Å². The molecule has 0 radical (unpaired) electrons. The summed E-state index contributed by atoms with van der Waals surface area (Å²) in [4.78, 5) is 48.8. The van der Waals surface area contributed by atoms with Crippen LogP contribution in [0.2, 0.25) is 0 Å². The molecule has 4 aromatic rings. The van der Waals surface area contributed by atoms with E-state index in [1.54, 1.807) is 19.2 Å². The van der Waals surface area contributed by atoms with E-state index in [-0.39, 0.29) is 28.6 Å². The summed E-state index contributed by atoms with van der Waals surface area (Å²) in [5.41, 5.74) is 1.77. The molecule has 0 bridgehead atoms. The third kappa shape index (κ3) is 3.80. The molecule has 33 heavy (non-hydrogen) atoms. The van der Waals surface area contributed by atoms with Gasteiger partial charge in [0.25, 0.3) is 11.5 Å². The first-order chi connectivity index (χ1) is 15.9. The van der Waals surface area contributed by atoms with Crippen molar-refractivity contribution in [3.63, 3.8) is 0 Å². The van der Waals surface area contributed by atoms with Crippen LogP contribution in [0, 0.1) is 12.8 Å². The molecule has 1 aliphatic rings. The second-order valence-corrected chi connectivity index (χ2v) is 8.40. The number of rotatable bonds is 4. The first kappa shape index (κ1) is 21.0. The quantitative estimate of drug-likeness (QED) is 0.491. The fourth-order valence-electron chi connectivity index (χ4n) is 4.46. The monoisotopic (exact) mass is 445 g/mol. The molecule has 5 rings (SSSR count). The molecule has 1 aromatic carbocycles. The number of aryl methyl sites for hydroxylation is 2. The highest BCUT2D eigenvalue weighted by atomic mass is 16.5. The zero-order valence-electron chi connectivity index (χ0n) is 18.3. The Morgan fingerprint density at radius 2 is 2.06 bits per heavy atom. The van der Waals surface area contributed by atoms with Crippen molar-refractivity contribution < 1.29 is 9.53 Å². The molecule has 1 fully saturated rings. The number of amides is 1. The second kappa shape index (κ2) is 8.25. The predicted octanol–water partition coefficient (Wildman–Crippen LogP) is 1.47. The van der Waals surface area contributed by atoms with Gasteiger partial charge in [-0.05, 0) is 37.1 Å². The molecule has 0 saturated carbocycles. The molecule has 0 unspecified atom stereocenters. The minimum absolute atomic E-state index is 0.0663. The third-order valence-corrected chi connectivity index (χ3v) is 6.18. The lowest BCUT2D eigenvalue weighted by Gasteiger charge is -2.20. The smallest absolute Gasteiger partial charge is 0.329 e. The number of ether oxygens (including phenoxy) is 1. The van der Waals surface area contributed by atoms with Gasteiger partial charge in [0.05, 0.1) is 35.7 Å². The van der Waals surface area contributed by atoms with Gasteiger partial charge >= 0.3 is 5.69 Å². The molecule has 9 nitrogen and oxygen atoms in total. The van der Waals surface area contributed by atoms with Gasteiger partial charge in [0.15, 0.2) is 0 Å². The first-order valence-corrected chi connectivity index (χ1v) is 10.7. The first-order valence-electron chi connectivity index (χ1n) is 10.7. The Balaban J connectivity index is 1.45. The zero-order chi connectivity index (χ0) is 23.1. The summed E-state index contributed by atoms with van der Waals surface area (Å²) in [6.45, 7) is 2.63. The summed E-state index contributed by atoms with van der Waals surface area (Å²) in [5.74, 6) is -0.327. The van der Waals surface area contributed by atoms with Crippen LogP contribution in [0.15, 0.2) is 52.2 Å². The lowest BCUT2D eigenvalue weighted by atomic mass is 9.93. The van der Waals surface area contributed by atoms with E-state index < -0.39 is 17.2 Å². The number of carbonyl (C=O) groups excluding carboxylic acids is 1. The van der Waals surface area contributed by atoms with E-state index in [1.165, 1.54) is 11.6 Å². The molecule has 9 heteroatoms. The van der Waals surface area contributed by atoms with Crippen molar-refractivity contribution in [2.45, 2.75) is 19.4 Å². The van der Waals surface area contributed by atoms with Crippen molar-refractivity contribution in [3.8, 4) is 0 Å². The van der Waals surface area contributed by atoms with Crippen LogP contribution in [0.5, 0.6) is 0 Å². The van der Waals surface area contributed by atoms with E-state index in [0.29, 0.717) is 18.9 Å². The molecule has 1 saturated heterocycles. The minimum Gasteiger partial charge on any atom is -0.379 e. The number of H-pyrrole nitrogens is 1. The average molecular weight is 445 g/mol. The van der Waals surface area contributed by atoms with Crippen LogP contribution >= 0.6 is 0 Å². The molecule has 0 aliphatic carbocycles. The van der Waals surface area contributed by atoms with Crippen LogP contribution in [0.25, 0.3) is 21.9 Å². The standard InChI is InChI=1S/C24H23N5O4/c1-13-9-17(20-21(26-13)29(2)24(32)28-23(20)31)22(30)27-19-12-33-11-15(19)10-14-7-8-25-18-6-4-3-5-16(14)18/h3-9,15,19H,10-12H2,1-2H3,(H,27,30)(H,28,31,32)/t15-,19-/m1/s1. The van der Waals surface area contributed by atoms with E-state index >= 15 is 0 Å². The van der Waals surface area contributed by atoms with Gasteiger partial charge in [-0.25, -0.2) is 9.78 Å². The molecule has 1 aliphatic heterocycles. The number of benzene rings is 1. The number of hydrogen-bond donors (Lipinski definition) is 2. The van der Waals surface area contributed by atoms with E-state index in [9.17, 15) is 14.4 Å². The number of aromatic nitrogens is 4. The van der Waals surface area contributed by atoms with Gasteiger partial charge in [-0.3, -0.25) is 24.1 Å². The molecule has 1 amide bonds. The van der Waals surface area contributed by atoms with Crippen LogP contribution in [-0.4, -0.2) is 44.7 Å². The maximum atomic E-state index is 13.3. The number of para-hydroxylation sites is 1. The van der Waals surface area contributed by atoms with Crippen molar-refractivity contribution >= 4 is 27.8 Å². The maximum Gasteiger partial charge on any atom is 0.329 e. The van der Waals surface area contributed by atoms with Crippen LogP contribution < -0.4 is 16.6 Å². The highest BCUT2D eigenvalue weighted by Crippen LogP contribution is 2.24. The van der Waals surface area contributed by atoms with Crippen molar-refractivity contribution in [2.75, 3.05) is 13.2 Å². The SMILES string of the molecule is Cc1cc(C(=O)N[C@@H]2COC[C@H]2Cc2ccnc3ccccc23)c2c(=O)[nH]c(=O)n(C)c2n1. The maximum absolute atomic E-state index is 13.3. The molecule has 4 heterocycles. The lowest BCUT2D eigenvalue weighted by Crippen LogP contribution is -2.41. The largest absolute Gasteiger partial charge is 0.379 e. The Hall–Kier alpha value is -3.85. The van der Waals surface area contributed by atoms with E-state index in [0.717, 1.165) is 22.9 Å². The zero-order valence-corrected chi connectivity index (χ0v) is 18.3. The Morgan fingerprint density at radius 3 is 2.91 bits per heavy atom. The highest BCUT2D eigenvalue weighted by molar-refractivity contribution is 6.05. The van der Waals surface area contributed by atoms with Gasteiger partial charge in [0.1, 0.15) is 5.65 Å². The Kier molecular flexibility index (Phi) is 5.26. The van der Waals surface area contributed by atoms with E-state index in [4.69, 9.17) is 4.74 Å². The average Bonchev–Trinajstić information content (AvgIpc) is 3.23. The molecule has 3 aromatic heterocycles. The Bertz CT molecular complexity index is 1500. The lowest BCUT2D eigenvalue weighted by molar-refractivity contribution is 0.0926. The fourth-order valence-corrected chi connectivity index (χ4v) is 4.46.